The summed E-state index contributed by atoms with van der Waals surface area (Å²) in [5, 5.41) is 24.2. The quantitative estimate of drug-likeness (QED) is 0.625. The van der Waals surface area contributed by atoms with Crippen molar-refractivity contribution in [3.05, 3.63) is 24.2 Å². The van der Waals surface area contributed by atoms with Crippen molar-refractivity contribution in [2.75, 3.05) is 26.2 Å². The Labute approximate surface area is 205 Å². The molecule has 1 saturated heterocycles. The van der Waals surface area contributed by atoms with Crippen LogP contribution in [0.25, 0.3) is 0 Å². The maximum Gasteiger partial charge on any atom is 0.136 e. The number of furan rings is 1. The minimum Gasteiger partial charge on any atom is -0.466 e. The minimum atomic E-state index is -1.07. The Kier molecular flexibility index (Phi) is 5.76. The van der Waals surface area contributed by atoms with Gasteiger partial charge in [-0.1, -0.05) is 13.8 Å². The van der Waals surface area contributed by atoms with Crippen LogP contribution in [0.3, 0.4) is 0 Å². The molecule has 5 fully saturated rings. The molecule has 5 aliphatic rings. The third-order valence-electron chi connectivity index (χ3n) is 11.8. The van der Waals surface area contributed by atoms with Gasteiger partial charge in [0.2, 0.25) is 0 Å². The molecule has 5 nitrogen and oxygen atoms in total. The zero-order valence-electron chi connectivity index (χ0n) is 21.3. The van der Waals surface area contributed by atoms with E-state index in [4.69, 9.17) is 9.15 Å². The lowest BCUT2D eigenvalue weighted by atomic mass is 9.43. The Balaban J connectivity index is 1.16. The van der Waals surface area contributed by atoms with Gasteiger partial charge in [-0.3, -0.25) is 0 Å². The Morgan fingerprint density at radius 1 is 1.00 bits per heavy atom. The normalized spacial score (nSPS) is 48.9. The van der Waals surface area contributed by atoms with Crippen molar-refractivity contribution >= 4 is 0 Å². The molecule has 190 valence electrons. The van der Waals surface area contributed by atoms with Crippen molar-refractivity contribution in [3.8, 4) is 0 Å². The highest BCUT2D eigenvalue weighted by Gasteiger charge is 2.72. The van der Waals surface area contributed by atoms with Gasteiger partial charge in [-0.05, 0) is 119 Å². The maximum atomic E-state index is 12.3. The third-order valence-corrected chi connectivity index (χ3v) is 11.8. The summed E-state index contributed by atoms with van der Waals surface area (Å²) in [5.41, 5.74) is -2.18. The fourth-order valence-electron chi connectivity index (χ4n) is 9.62. The van der Waals surface area contributed by atoms with Crippen LogP contribution in [0, 0.1) is 28.6 Å². The molecule has 0 amide bonds. The van der Waals surface area contributed by atoms with E-state index >= 15 is 0 Å². The second-order valence-electron chi connectivity index (χ2n) is 12.9. The standard InChI is InChI=1S/C29H45NO4/c1-26-11-9-22(33-19-17-30-15-3-4-16-30)20-21(26)7-8-24-23(26)10-12-27(2)28(24,31)13-14-29(27,32)25-6-5-18-34-25/h5-6,18,21-24,31-32H,3-4,7-17,19-20H2,1-2H3/t21-,22+,23+,24-,26+,27+,28+,29+/m1/s1. The van der Waals surface area contributed by atoms with E-state index in [1.807, 2.05) is 12.1 Å². The second kappa shape index (κ2) is 8.33. The number of aliphatic hydroxyl groups is 2. The number of nitrogens with zero attached hydrogens (tertiary/aromatic N) is 1. The average molecular weight is 472 g/mol. The van der Waals surface area contributed by atoms with Crippen LogP contribution in [-0.2, 0) is 10.3 Å². The van der Waals surface area contributed by atoms with Crippen LogP contribution < -0.4 is 0 Å². The van der Waals surface area contributed by atoms with E-state index in [-0.39, 0.29) is 11.3 Å². The molecule has 0 bridgehead atoms. The molecular formula is C29H45NO4. The van der Waals surface area contributed by atoms with Crippen LogP contribution in [0.2, 0.25) is 0 Å². The molecule has 2 heterocycles. The highest BCUT2D eigenvalue weighted by atomic mass is 16.5. The number of rotatable bonds is 5. The van der Waals surface area contributed by atoms with Crippen molar-refractivity contribution in [3.63, 3.8) is 0 Å². The first-order valence-electron chi connectivity index (χ1n) is 14.1. The summed E-state index contributed by atoms with van der Waals surface area (Å²) in [5.74, 6) is 2.13. The number of fused-ring (bicyclic) bond motifs is 5. The number of likely N-dealkylation sites (tertiary alicyclic amines) is 1. The molecule has 8 atom stereocenters. The van der Waals surface area contributed by atoms with Gasteiger partial charge in [0, 0.05) is 12.0 Å². The summed E-state index contributed by atoms with van der Waals surface area (Å²) < 4.78 is 12.1. The molecule has 4 saturated carbocycles. The van der Waals surface area contributed by atoms with Crippen LogP contribution in [-0.4, -0.2) is 53.1 Å². The van der Waals surface area contributed by atoms with Crippen LogP contribution in [0.4, 0.5) is 0 Å². The number of hydrogen-bond donors (Lipinski definition) is 2. The zero-order chi connectivity index (χ0) is 23.6. The molecular weight excluding hydrogens is 426 g/mol. The molecule has 1 aromatic rings. The maximum absolute atomic E-state index is 12.3. The Morgan fingerprint density at radius 2 is 1.82 bits per heavy atom. The molecule has 1 aliphatic heterocycles. The number of hydrogen-bond acceptors (Lipinski definition) is 5. The van der Waals surface area contributed by atoms with Crippen molar-refractivity contribution in [2.45, 2.75) is 102 Å². The van der Waals surface area contributed by atoms with E-state index in [0.29, 0.717) is 36.5 Å². The molecule has 0 spiro atoms. The molecule has 6 rings (SSSR count). The summed E-state index contributed by atoms with van der Waals surface area (Å²) in [6.45, 7) is 9.12. The third kappa shape index (κ3) is 3.26. The predicted molar refractivity (Wildman–Crippen MR) is 131 cm³/mol. The van der Waals surface area contributed by atoms with Gasteiger partial charge in [0.25, 0.3) is 0 Å². The van der Waals surface area contributed by atoms with E-state index in [0.717, 1.165) is 38.8 Å². The molecule has 2 N–H and O–H groups in total. The highest BCUT2D eigenvalue weighted by Crippen LogP contribution is 2.71. The Morgan fingerprint density at radius 3 is 2.59 bits per heavy atom. The largest absolute Gasteiger partial charge is 0.466 e. The Bertz CT molecular complexity index is 867. The van der Waals surface area contributed by atoms with Gasteiger partial charge >= 0.3 is 0 Å². The van der Waals surface area contributed by atoms with E-state index in [9.17, 15) is 10.2 Å². The summed E-state index contributed by atoms with van der Waals surface area (Å²) in [6.07, 6.45) is 13.8. The van der Waals surface area contributed by atoms with Crippen LogP contribution in [0.15, 0.2) is 22.8 Å². The van der Waals surface area contributed by atoms with E-state index < -0.39 is 16.6 Å². The molecule has 1 aromatic heterocycles. The summed E-state index contributed by atoms with van der Waals surface area (Å²) >= 11 is 0. The average Bonchev–Trinajstić information content (AvgIpc) is 3.57. The van der Waals surface area contributed by atoms with Gasteiger partial charge in [0.05, 0.1) is 24.6 Å². The minimum absolute atomic E-state index is 0.268. The van der Waals surface area contributed by atoms with Crippen molar-refractivity contribution in [1.29, 1.82) is 0 Å². The van der Waals surface area contributed by atoms with Gasteiger partial charge in [0.15, 0.2) is 0 Å². The second-order valence-corrected chi connectivity index (χ2v) is 12.9. The van der Waals surface area contributed by atoms with Crippen LogP contribution >= 0.6 is 0 Å². The first-order chi connectivity index (χ1) is 16.3. The van der Waals surface area contributed by atoms with E-state index in [2.05, 4.69) is 18.7 Å². The van der Waals surface area contributed by atoms with Gasteiger partial charge in [-0.25, -0.2) is 0 Å². The van der Waals surface area contributed by atoms with Crippen molar-refractivity contribution in [2.24, 2.45) is 28.6 Å². The van der Waals surface area contributed by atoms with E-state index in [1.165, 1.54) is 45.2 Å². The summed E-state index contributed by atoms with van der Waals surface area (Å²) in [4.78, 5) is 2.55. The first-order valence-corrected chi connectivity index (χ1v) is 14.1. The summed E-state index contributed by atoms with van der Waals surface area (Å²) in [6, 6.07) is 3.75. The molecule has 0 radical (unpaired) electrons. The molecule has 4 aliphatic carbocycles. The van der Waals surface area contributed by atoms with Crippen molar-refractivity contribution < 1.29 is 19.4 Å². The molecule has 0 aromatic carbocycles. The monoisotopic (exact) mass is 471 g/mol. The molecule has 34 heavy (non-hydrogen) atoms. The van der Waals surface area contributed by atoms with Gasteiger partial charge in [-0.15, -0.1) is 0 Å². The highest BCUT2D eigenvalue weighted by molar-refractivity contribution is 5.27. The molecule has 5 heteroatoms. The smallest absolute Gasteiger partial charge is 0.136 e. The predicted octanol–water partition coefficient (Wildman–Crippen LogP) is 5.11. The summed E-state index contributed by atoms with van der Waals surface area (Å²) in [7, 11) is 0. The lowest BCUT2D eigenvalue weighted by Crippen LogP contribution is -2.64. The van der Waals surface area contributed by atoms with E-state index in [1.54, 1.807) is 6.26 Å². The van der Waals surface area contributed by atoms with Crippen molar-refractivity contribution in [1.82, 2.24) is 4.90 Å². The lowest BCUT2D eigenvalue weighted by Gasteiger charge is -2.64. The SMILES string of the molecule is C[C@]12CC[C@H](OCCN3CCCC3)C[C@H]1CC[C@@H]1[C@@H]2CC[C@]2(C)[C@@](O)(c3ccco3)CC[C@]12O. The van der Waals surface area contributed by atoms with Gasteiger partial charge in [-0.2, -0.15) is 0 Å². The van der Waals surface area contributed by atoms with Gasteiger partial charge < -0.3 is 24.3 Å². The first kappa shape index (κ1) is 23.5. The van der Waals surface area contributed by atoms with Crippen LogP contribution in [0.5, 0.6) is 0 Å². The lowest BCUT2D eigenvalue weighted by molar-refractivity contribution is -0.242. The van der Waals surface area contributed by atoms with Crippen LogP contribution in [0.1, 0.15) is 90.2 Å². The topological polar surface area (TPSA) is 66.1 Å². The fourth-order valence-corrected chi connectivity index (χ4v) is 9.62. The number of ether oxygens (including phenoxy) is 1. The zero-order valence-corrected chi connectivity index (χ0v) is 21.3. The fraction of sp³-hybridized carbons (Fsp3) is 0.862. The molecule has 0 unspecified atom stereocenters. The Hall–Kier alpha value is -0.880. The van der Waals surface area contributed by atoms with Gasteiger partial charge in [0.1, 0.15) is 11.4 Å².